The van der Waals surface area contributed by atoms with Crippen LogP contribution in [0.3, 0.4) is 0 Å². The molecular weight excluding hydrogens is 352 g/mol. The molecule has 0 saturated heterocycles. The lowest BCUT2D eigenvalue weighted by Crippen LogP contribution is -2.41. The van der Waals surface area contributed by atoms with Crippen molar-refractivity contribution < 1.29 is 17.9 Å². The third-order valence-electron chi connectivity index (χ3n) is 3.98. The molecule has 2 aromatic carbocycles. The second kappa shape index (κ2) is 8.82. The molecule has 7 heteroatoms. The Morgan fingerprint density at radius 2 is 1.62 bits per heavy atom. The lowest BCUT2D eigenvalue weighted by Gasteiger charge is -2.12. The van der Waals surface area contributed by atoms with Crippen molar-refractivity contribution in [2.45, 2.75) is 19.0 Å². The Hall–Kier alpha value is -2.38. The van der Waals surface area contributed by atoms with Gasteiger partial charge in [0.15, 0.2) is 0 Å². The molecular formula is C19H24N2O4S. The highest BCUT2D eigenvalue weighted by molar-refractivity contribution is 7.90. The van der Waals surface area contributed by atoms with Crippen LogP contribution in [0.4, 0.5) is 0 Å². The normalized spacial score (nSPS) is 12.4. The zero-order valence-corrected chi connectivity index (χ0v) is 15.8. The lowest BCUT2D eigenvalue weighted by molar-refractivity contribution is -0.122. The summed E-state index contributed by atoms with van der Waals surface area (Å²) >= 11 is 0. The molecule has 3 N–H and O–H groups in total. The molecule has 6 nitrogen and oxygen atoms in total. The minimum atomic E-state index is -3.12. The molecule has 0 heterocycles. The molecule has 0 aromatic heterocycles. The molecule has 26 heavy (non-hydrogen) atoms. The zero-order valence-electron chi connectivity index (χ0n) is 14.9. The maximum atomic E-state index is 11.9. The van der Waals surface area contributed by atoms with Gasteiger partial charge in [0.05, 0.1) is 18.9 Å². The average Bonchev–Trinajstić information content (AvgIpc) is 2.64. The minimum absolute atomic E-state index is 0.0991. The number of amides is 1. The van der Waals surface area contributed by atoms with Crippen molar-refractivity contribution in [3.8, 4) is 16.9 Å². The van der Waals surface area contributed by atoms with E-state index in [9.17, 15) is 13.2 Å². The predicted molar refractivity (Wildman–Crippen MR) is 103 cm³/mol. The summed E-state index contributed by atoms with van der Waals surface area (Å²) in [6.45, 7) is 0.342. The van der Waals surface area contributed by atoms with Crippen LogP contribution in [-0.4, -0.2) is 39.5 Å². The third-order valence-corrected chi connectivity index (χ3v) is 4.96. The number of hydrogen-bond donors (Lipinski definition) is 2. The van der Waals surface area contributed by atoms with E-state index in [1.165, 1.54) is 0 Å². The summed E-state index contributed by atoms with van der Waals surface area (Å²) in [6.07, 6.45) is 1.24. The highest BCUT2D eigenvalue weighted by atomic mass is 32.2. The van der Waals surface area contributed by atoms with Gasteiger partial charge in [-0.1, -0.05) is 36.4 Å². The van der Waals surface area contributed by atoms with Gasteiger partial charge in [-0.05, 0) is 35.2 Å². The van der Waals surface area contributed by atoms with Crippen LogP contribution in [-0.2, 0) is 21.2 Å². The number of hydrogen-bond acceptors (Lipinski definition) is 5. The molecule has 140 valence electrons. The van der Waals surface area contributed by atoms with Crippen LogP contribution in [0.2, 0.25) is 0 Å². The number of carbonyl (C=O) groups is 1. The van der Waals surface area contributed by atoms with E-state index in [4.69, 9.17) is 10.5 Å². The standard InChI is InChI=1S/C19H24N2O4S/c1-25-17-9-7-16(8-10-17)15-5-3-14(4-6-15)13-21-19(22)18(20)11-12-26(2,23)24/h3-10,18H,11-13,20H2,1-2H3,(H,21,22). The van der Waals surface area contributed by atoms with E-state index in [2.05, 4.69) is 5.32 Å². The van der Waals surface area contributed by atoms with Gasteiger partial charge in [-0.15, -0.1) is 0 Å². The van der Waals surface area contributed by atoms with Gasteiger partial charge in [-0.25, -0.2) is 8.42 Å². The quantitative estimate of drug-likeness (QED) is 0.731. The van der Waals surface area contributed by atoms with Gasteiger partial charge in [-0.2, -0.15) is 0 Å². The van der Waals surface area contributed by atoms with E-state index in [1.807, 2.05) is 48.5 Å². The first-order valence-electron chi connectivity index (χ1n) is 8.23. The molecule has 0 aliphatic heterocycles. The smallest absolute Gasteiger partial charge is 0.237 e. The Bertz CT molecular complexity index is 831. The number of benzene rings is 2. The Kier molecular flexibility index (Phi) is 6.76. The lowest BCUT2D eigenvalue weighted by atomic mass is 10.0. The molecule has 0 fully saturated rings. The van der Waals surface area contributed by atoms with Crippen molar-refractivity contribution in [3.63, 3.8) is 0 Å². The minimum Gasteiger partial charge on any atom is -0.497 e. The number of carbonyl (C=O) groups excluding carboxylic acids is 1. The molecule has 0 aliphatic carbocycles. The first-order chi connectivity index (χ1) is 12.3. The fourth-order valence-corrected chi connectivity index (χ4v) is 3.07. The summed E-state index contributed by atoms with van der Waals surface area (Å²) in [5.41, 5.74) is 8.80. The Morgan fingerprint density at radius 3 is 2.12 bits per heavy atom. The van der Waals surface area contributed by atoms with E-state index in [0.29, 0.717) is 6.54 Å². The Labute approximate surface area is 154 Å². The highest BCUT2D eigenvalue weighted by Crippen LogP contribution is 2.22. The van der Waals surface area contributed by atoms with Crippen LogP contribution in [0.25, 0.3) is 11.1 Å². The molecule has 1 atom stereocenters. The predicted octanol–water partition coefficient (Wildman–Crippen LogP) is 1.74. The molecule has 0 spiro atoms. The number of sulfone groups is 1. The number of nitrogens with one attached hydrogen (secondary N) is 1. The summed E-state index contributed by atoms with van der Waals surface area (Å²) in [6, 6.07) is 14.8. The van der Waals surface area contributed by atoms with Crippen LogP contribution in [0.15, 0.2) is 48.5 Å². The van der Waals surface area contributed by atoms with E-state index in [0.717, 1.165) is 28.7 Å². The number of nitrogens with two attached hydrogens (primary N) is 1. The Balaban J connectivity index is 1.89. The van der Waals surface area contributed by atoms with Crippen LogP contribution in [0.5, 0.6) is 5.75 Å². The second-order valence-electron chi connectivity index (χ2n) is 6.17. The summed E-state index contributed by atoms with van der Waals surface area (Å²) in [5.74, 6) is 0.353. The Morgan fingerprint density at radius 1 is 1.08 bits per heavy atom. The summed E-state index contributed by atoms with van der Waals surface area (Å²) in [7, 11) is -1.49. The number of rotatable bonds is 8. The first kappa shape index (κ1) is 19.9. The van der Waals surface area contributed by atoms with E-state index >= 15 is 0 Å². The fourth-order valence-electron chi connectivity index (χ4n) is 2.39. The summed E-state index contributed by atoms with van der Waals surface area (Å²) in [4.78, 5) is 11.9. The summed E-state index contributed by atoms with van der Waals surface area (Å²) < 4.78 is 27.4. The first-order valence-corrected chi connectivity index (χ1v) is 10.3. The molecule has 2 rings (SSSR count). The van der Waals surface area contributed by atoms with E-state index in [-0.39, 0.29) is 18.1 Å². The van der Waals surface area contributed by atoms with Gasteiger partial charge in [-0.3, -0.25) is 4.79 Å². The topological polar surface area (TPSA) is 98.5 Å². The largest absolute Gasteiger partial charge is 0.497 e. The van der Waals surface area contributed by atoms with Gasteiger partial charge < -0.3 is 15.8 Å². The SMILES string of the molecule is COc1ccc(-c2ccc(CNC(=O)C(N)CCS(C)(=O)=O)cc2)cc1. The zero-order chi connectivity index (χ0) is 19.2. The second-order valence-corrected chi connectivity index (χ2v) is 8.43. The molecule has 1 amide bonds. The van der Waals surface area contributed by atoms with Crippen molar-refractivity contribution in [2.24, 2.45) is 5.73 Å². The highest BCUT2D eigenvalue weighted by Gasteiger charge is 2.15. The molecule has 2 aromatic rings. The molecule has 0 aliphatic rings. The fraction of sp³-hybridized carbons (Fsp3) is 0.316. The maximum absolute atomic E-state index is 11.9. The maximum Gasteiger partial charge on any atom is 0.237 e. The summed E-state index contributed by atoms with van der Waals surface area (Å²) in [5, 5.41) is 2.73. The average molecular weight is 376 g/mol. The number of methoxy groups -OCH3 is 1. The van der Waals surface area contributed by atoms with E-state index < -0.39 is 15.9 Å². The molecule has 0 saturated carbocycles. The van der Waals surface area contributed by atoms with Gasteiger partial charge in [0.25, 0.3) is 0 Å². The van der Waals surface area contributed by atoms with Crippen LogP contribution < -0.4 is 15.8 Å². The van der Waals surface area contributed by atoms with Crippen molar-refractivity contribution in [1.29, 1.82) is 0 Å². The van der Waals surface area contributed by atoms with Gasteiger partial charge >= 0.3 is 0 Å². The van der Waals surface area contributed by atoms with E-state index in [1.54, 1.807) is 7.11 Å². The third kappa shape index (κ3) is 6.16. The van der Waals surface area contributed by atoms with Gasteiger partial charge in [0.1, 0.15) is 15.6 Å². The van der Waals surface area contributed by atoms with Gasteiger partial charge in [0.2, 0.25) is 5.91 Å². The molecule has 0 radical (unpaired) electrons. The van der Waals surface area contributed by atoms with Crippen LogP contribution >= 0.6 is 0 Å². The van der Waals surface area contributed by atoms with Crippen molar-refractivity contribution in [3.05, 3.63) is 54.1 Å². The van der Waals surface area contributed by atoms with Crippen molar-refractivity contribution in [1.82, 2.24) is 5.32 Å². The van der Waals surface area contributed by atoms with Crippen LogP contribution in [0, 0.1) is 0 Å². The van der Waals surface area contributed by atoms with Crippen LogP contribution in [0.1, 0.15) is 12.0 Å². The van der Waals surface area contributed by atoms with Gasteiger partial charge in [0, 0.05) is 12.8 Å². The molecule has 0 bridgehead atoms. The monoisotopic (exact) mass is 376 g/mol. The number of ether oxygens (including phenoxy) is 1. The van der Waals surface area contributed by atoms with Crippen molar-refractivity contribution >= 4 is 15.7 Å². The molecule has 1 unspecified atom stereocenters. The van der Waals surface area contributed by atoms with Crippen molar-refractivity contribution in [2.75, 3.05) is 19.1 Å².